The predicted molar refractivity (Wildman–Crippen MR) is 109 cm³/mol. The van der Waals surface area contributed by atoms with E-state index in [0.29, 0.717) is 13.1 Å². The monoisotopic (exact) mass is 472 g/mol. The molecule has 1 unspecified atom stereocenters. The minimum Gasteiger partial charge on any atom is -0.444 e. The van der Waals surface area contributed by atoms with E-state index in [1.807, 2.05) is 20.8 Å². The fourth-order valence-electron chi connectivity index (χ4n) is 2.61. The molecule has 2 rings (SSSR count). The highest BCUT2D eigenvalue weighted by Gasteiger charge is 2.23. The van der Waals surface area contributed by atoms with Crippen molar-refractivity contribution in [2.75, 3.05) is 19.6 Å². The number of hydrogen-bond acceptors (Lipinski definition) is 3. The molecule has 1 aromatic rings. The van der Waals surface area contributed by atoms with Crippen LogP contribution in [0.2, 0.25) is 0 Å². The molecule has 1 heterocycles. The lowest BCUT2D eigenvalue weighted by Crippen LogP contribution is -2.40. The predicted octanol–water partition coefficient (Wildman–Crippen LogP) is 5.43. The SMILES string of the molecule is CC(NCC1=CCN(C(=O)OC(C)(C)C)CC1)c1ccc(Br)cc1Br. The lowest BCUT2D eigenvalue weighted by Gasteiger charge is -2.30. The summed E-state index contributed by atoms with van der Waals surface area (Å²) >= 11 is 7.10. The molecule has 0 radical (unpaired) electrons. The highest BCUT2D eigenvalue weighted by molar-refractivity contribution is 9.11. The van der Waals surface area contributed by atoms with Gasteiger partial charge in [0.05, 0.1) is 0 Å². The van der Waals surface area contributed by atoms with Crippen LogP contribution in [0.15, 0.2) is 38.8 Å². The summed E-state index contributed by atoms with van der Waals surface area (Å²) in [5.41, 5.74) is 2.12. The fraction of sp³-hybridized carbons (Fsp3) is 0.526. The van der Waals surface area contributed by atoms with Gasteiger partial charge >= 0.3 is 6.09 Å². The normalized spacial score (nSPS) is 16.4. The van der Waals surface area contributed by atoms with Crippen molar-refractivity contribution in [3.63, 3.8) is 0 Å². The number of amides is 1. The Morgan fingerprint density at radius 2 is 2.08 bits per heavy atom. The Balaban J connectivity index is 1.85. The Hall–Kier alpha value is -0.850. The van der Waals surface area contributed by atoms with Crippen LogP contribution >= 0.6 is 31.9 Å². The van der Waals surface area contributed by atoms with E-state index in [9.17, 15) is 4.79 Å². The zero-order valence-corrected chi connectivity index (χ0v) is 18.4. The minimum absolute atomic E-state index is 0.233. The van der Waals surface area contributed by atoms with Gasteiger partial charge in [0, 0.05) is 34.6 Å². The molecule has 6 heteroatoms. The maximum Gasteiger partial charge on any atom is 0.410 e. The average molecular weight is 474 g/mol. The molecule has 1 aliphatic heterocycles. The highest BCUT2D eigenvalue weighted by atomic mass is 79.9. The third-order valence-corrected chi connectivity index (χ3v) is 5.20. The maximum atomic E-state index is 12.1. The first kappa shape index (κ1) is 20.5. The Morgan fingerprint density at radius 1 is 1.36 bits per heavy atom. The summed E-state index contributed by atoms with van der Waals surface area (Å²) in [5.74, 6) is 0. The quantitative estimate of drug-likeness (QED) is 0.592. The molecule has 0 bridgehead atoms. The Morgan fingerprint density at radius 3 is 2.64 bits per heavy atom. The number of carbonyl (C=O) groups excluding carboxylic acids is 1. The van der Waals surface area contributed by atoms with Gasteiger partial charge in [0.1, 0.15) is 5.60 Å². The maximum absolute atomic E-state index is 12.1. The molecule has 0 fully saturated rings. The minimum atomic E-state index is -0.448. The molecule has 1 aromatic carbocycles. The van der Waals surface area contributed by atoms with E-state index in [2.05, 4.69) is 68.4 Å². The van der Waals surface area contributed by atoms with Crippen LogP contribution in [0, 0.1) is 0 Å². The molecular formula is C19H26Br2N2O2. The largest absolute Gasteiger partial charge is 0.444 e. The molecule has 1 aliphatic rings. The number of benzene rings is 1. The third-order valence-electron chi connectivity index (χ3n) is 4.02. The van der Waals surface area contributed by atoms with Crippen LogP contribution in [0.1, 0.15) is 45.7 Å². The molecule has 0 aromatic heterocycles. The van der Waals surface area contributed by atoms with Crippen LogP contribution in [0.3, 0.4) is 0 Å². The van der Waals surface area contributed by atoms with Gasteiger partial charge in [-0.1, -0.05) is 49.6 Å². The summed E-state index contributed by atoms with van der Waals surface area (Å²) in [4.78, 5) is 13.8. The molecule has 0 saturated heterocycles. The summed E-state index contributed by atoms with van der Waals surface area (Å²) in [6.07, 6.45) is 2.77. The van der Waals surface area contributed by atoms with Crippen LogP contribution in [0.4, 0.5) is 4.79 Å². The van der Waals surface area contributed by atoms with E-state index in [1.54, 1.807) is 4.90 Å². The Bertz CT molecular complexity index is 653. The zero-order valence-electron chi connectivity index (χ0n) is 15.2. The van der Waals surface area contributed by atoms with Gasteiger partial charge in [-0.25, -0.2) is 4.79 Å². The fourth-order valence-corrected chi connectivity index (χ4v) is 4.00. The van der Waals surface area contributed by atoms with Gasteiger partial charge in [0.15, 0.2) is 0 Å². The second kappa shape index (κ2) is 8.69. The number of nitrogens with zero attached hydrogens (tertiary/aromatic N) is 1. The van der Waals surface area contributed by atoms with Crippen molar-refractivity contribution in [1.82, 2.24) is 10.2 Å². The van der Waals surface area contributed by atoms with Gasteiger partial charge < -0.3 is 15.0 Å². The van der Waals surface area contributed by atoms with Crippen LogP contribution < -0.4 is 5.32 Å². The van der Waals surface area contributed by atoms with Crippen LogP contribution in [-0.4, -0.2) is 36.2 Å². The van der Waals surface area contributed by atoms with Gasteiger partial charge in [-0.3, -0.25) is 0 Å². The average Bonchev–Trinajstić information content (AvgIpc) is 2.51. The third kappa shape index (κ3) is 6.42. The van der Waals surface area contributed by atoms with Crippen molar-refractivity contribution in [3.8, 4) is 0 Å². The Labute approximate surface area is 167 Å². The first-order chi connectivity index (χ1) is 11.7. The van der Waals surface area contributed by atoms with Gasteiger partial charge in [-0.2, -0.15) is 0 Å². The summed E-state index contributed by atoms with van der Waals surface area (Å²) in [5, 5.41) is 3.56. The van der Waals surface area contributed by atoms with E-state index in [1.165, 1.54) is 11.1 Å². The van der Waals surface area contributed by atoms with Crippen molar-refractivity contribution in [3.05, 3.63) is 44.4 Å². The summed E-state index contributed by atoms with van der Waals surface area (Å²) in [6.45, 7) is 9.97. The summed E-state index contributed by atoms with van der Waals surface area (Å²) < 4.78 is 7.58. The van der Waals surface area contributed by atoms with Gasteiger partial charge in [0.25, 0.3) is 0 Å². The van der Waals surface area contributed by atoms with Gasteiger partial charge in [-0.15, -0.1) is 0 Å². The van der Waals surface area contributed by atoms with E-state index in [0.717, 1.165) is 21.9 Å². The Kier molecular flexibility index (Phi) is 7.11. The second-order valence-electron chi connectivity index (χ2n) is 7.31. The molecule has 25 heavy (non-hydrogen) atoms. The van der Waals surface area contributed by atoms with E-state index < -0.39 is 5.60 Å². The molecule has 1 N–H and O–H groups in total. The molecule has 0 spiro atoms. The first-order valence-corrected chi connectivity index (χ1v) is 10.1. The van der Waals surface area contributed by atoms with E-state index in [-0.39, 0.29) is 12.1 Å². The number of hydrogen-bond donors (Lipinski definition) is 1. The van der Waals surface area contributed by atoms with Gasteiger partial charge in [0.2, 0.25) is 0 Å². The molecule has 0 saturated carbocycles. The topological polar surface area (TPSA) is 41.6 Å². The molecule has 138 valence electrons. The van der Waals surface area contributed by atoms with Crippen molar-refractivity contribution < 1.29 is 9.53 Å². The van der Waals surface area contributed by atoms with Crippen molar-refractivity contribution in [2.45, 2.75) is 45.8 Å². The number of carbonyl (C=O) groups is 1. The first-order valence-electron chi connectivity index (χ1n) is 8.50. The van der Waals surface area contributed by atoms with Crippen molar-refractivity contribution in [2.24, 2.45) is 0 Å². The second-order valence-corrected chi connectivity index (χ2v) is 9.08. The summed E-state index contributed by atoms with van der Waals surface area (Å²) in [6, 6.07) is 6.47. The lowest BCUT2D eigenvalue weighted by atomic mass is 10.1. The van der Waals surface area contributed by atoms with E-state index >= 15 is 0 Å². The number of nitrogens with one attached hydrogen (secondary N) is 1. The van der Waals surface area contributed by atoms with E-state index in [4.69, 9.17) is 4.74 Å². The smallest absolute Gasteiger partial charge is 0.410 e. The highest BCUT2D eigenvalue weighted by Crippen LogP contribution is 2.27. The number of ether oxygens (including phenoxy) is 1. The molecule has 4 nitrogen and oxygen atoms in total. The van der Waals surface area contributed by atoms with Crippen LogP contribution in [-0.2, 0) is 4.74 Å². The van der Waals surface area contributed by atoms with Crippen LogP contribution in [0.5, 0.6) is 0 Å². The molecule has 1 atom stereocenters. The standard InChI is InChI=1S/C19H26Br2N2O2/c1-13(16-6-5-15(20)11-17(16)21)22-12-14-7-9-23(10-8-14)18(24)25-19(2,3)4/h5-7,11,13,22H,8-10,12H2,1-4H3. The zero-order chi connectivity index (χ0) is 18.6. The lowest BCUT2D eigenvalue weighted by molar-refractivity contribution is 0.0265. The summed E-state index contributed by atoms with van der Waals surface area (Å²) in [7, 11) is 0. The van der Waals surface area contributed by atoms with Crippen molar-refractivity contribution >= 4 is 38.0 Å². The van der Waals surface area contributed by atoms with Crippen LogP contribution in [0.25, 0.3) is 0 Å². The molecule has 1 amide bonds. The van der Waals surface area contributed by atoms with Gasteiger partial charge in [-0.05, 0) is 51.8 Å². The number of rotatable bonds is 4. The molecular weight excluding hydrogens is 448 g/mol. The molecule has 0 aliphatic carbocycles. The van der Waals surface area contributed by atoms with Crippen molar-refractivity contribution in [1.29, 1.82) is 0 Å². The number of halogens is 2.